The molecule has 0 aliphatic carbocycles. The molecule has 4 heteroatoms. The van der Waals surface area contributed by atoms with Crippen LogP contribution in [-0.2, 0) is 0 Å². The summed E-state index contributed by atoms with van der Waals surface area (Å²) in [7, 11) is 0. The molecule has 0 fully saturated rings. The molecule has 0 aliphatic rings. The monoisotopic (exact) mass is 147 g/mol. The van der Waals surface area contributed by atoms with Gasteiger partial charge in [-0.2, -0.15) is 11.8 Å². The predicted molar refractivity (Wildman–Crippen MR) is 42.6 cm³/mol. The Morgan fingerprint density at radius 3 is 2.78 bits per heavy atom. The normalized spacial score (nSPS) is 11.6. The minimum atomic E-state index is 0.865. The molecular weight excluding hydrogens is 134 g/mol. The Morgan fingerprint density at radius 1 is 1.78 bits per heavy atom. The van der Waals surface area contributed by atoms with E-state index in [1.165, 1.54) is 6.20 Å². The Morgan fingerprint density at radius 2 is 2.44 bits per heavy atom. The van der Waals surface area contributed by atoms with Crippen molar-refractivity contribution in [1.29, 1.82) is 0 Å². The highest BCUT2D eigenvalue weighted by Crippen LogP contribution is 2.01. The van der Waals surface area contributed by atoms with Crippen LogP contribution >= 0.6 is 11.8 Å². The summed E-state index contributed by atoms with van der Waals surface area (Å²) in [4.78, 5) is 0. The second-order valence-corrected chi connectivity index (χ2v) is 2.75. The van der Waals surface area contributed by atoms with Crippen LogP contribution in [0.5, 0.6) is 0 Å². The summed E-state index contributed by atoms with van der Waals surface area (Å²) in [5.41, 5.74) is 8.58. The lowest BCUT2D eigenvalue weighted by Gasteiger charge is -2.02. The largest absolute Gasteiger partial charge is 0.403 e. The van der Waals surface area contributed by atoms with Crippen molar-refractivity contribution >= 4 is 11.8 Å². The molecule has 0 spiro atoms. The van der Waals surface area contributed by atoms with E-state index in [0.29, 0.717) is 0 Å². The number of nitrogens with two attached hydrogens (primary N) is 2. The molecule has 5 N–H and O–H groups in total. The SMILES string of the molecule is CCSC/C(=C/N)NN. The Labute approximate surface area is 59.8 Å². The number of hydrogen-bond acceptors (Lipinski definition) is 4. The first-order valence-corrected chi connectivity index (χ1v) is 3.95. The quantitative estimate of drug-likeness (QED) is 0.387. The minimum Gasteiger partial charge on any atom is -0.403 e. The topological polar surface area (TPSA) is 64.1 Å². The maximum atomic E-state index is 5.21. The first-order chi connectivity index (χ1) is 4.35. The first-order valence-electron chi connectivity index (χ1n) is 2.80. The first kappa shape index (κ1) is 8.65. The lowest BCUT2D eigenvalue weighted by Crippen LogP contribution is -2.23. The fourth-order valence-electron chi connectivity index (χ4n) is 0.350. The summed E-state index contributed by atoms with van der Waals surface area (Å²) in [5.74, 6) is 7.06. The van der Waals surface area contributed by atoms with E-state index in [9.17, 15) is 0 Å². The molecule has 0 atom stereocenters. The van der Waals surface area contributed by atoms with Crippen LogP contribution in [0, 0.1) is 0 Å². The van der Waals surface area contributed by atoms with Gasteiger partial charge in [-0.1, -0.05) is 6.92 Å². The van der Waals surface area contributed by atoms with Gasteiger partial charge in [0.2, 0.25) is 0 Å². The van der Waals surface area contributed by atoms with Crippen molar-refractivity contribution < 1.29 is 0 Å². The van der Waals surface area contributed by atoms with Crippen molar-refractivity contribution in [3.63, 3.8) is 0 Å². The van der Waals surface area contributed by atoms with Crippen LogP contribution in [0.3, 0.4) is 0 Å². The summed E-state index contributed by atoms with van der Waals surface area (Å²) < 4.78 is 0. The van der Waals surface area contributed by atoms with Gasteiger partial charge in [0.25, 0.3) is 0 Å². The average Bonchev–Trinajstić information content (AvgIpc) is 1.91. The van der Waals surface area contributed by atoms with Crippen LogP contribution in [-0.4, -0.2) is 11.5 Å². The van der Waals surface area contributed by atoms with E-state index in [-0.39, 0.29) is 0 Å². The predicted octanol–water partition coefficient (Wildman–Crippen LogP) is 0.00290. The Balaban J connectivity index is 3.33. The minimum absolute atomic E-state index is 0.865. The molecule has 0 aromatic heterocycles. The number of nitrogens with one attached hydrogen (secondary N) is 1. The van der Waals surface area contributed by atoms with Gasteiger partial charge >= 0.3 is 0 Å². The zero-order valence-electron chi connectivity index (χ0n) is 5.55. The Bertz CT molecular complexity index is 92.2. The van der Waals surface area contributed by atoms with Gasteiger partial charge in [0.05, 0.1) is 5.70 Å². The van der Waals surface area contributed by atoms with Gasteiger partial charge in [0.1, 0.15) is 0 Å². The van der Waals surface area contributed by atoms with Gasteiger partial charge in [0, 0.05) is 12.0 Å². The van der Waals surface area contributed by atoms with E-state index >= 15 is 0 Å². The molecule has 0 saturated carbocycles. The Hall–Kier alpha value is -0.350. The van der Waals surface area contributed by atoms with Gasteiger partial charge in [-0.3, -0.25) is 5.84 Å². The van der Waals surface area contributed by atoms with E-state index in [1.807, 2.05) is 0 Å². The fourth-order valence-corrected chi connectivity index (χ4v) is 0.954. The van der Waals surface area contributed by atoms with Gasteiger partial charge < -0.3 is 11.2 Å². The van der Waals surface area contributed by atoms with E-state index in [0.717, 1.165) is 17.2 Å². The molecule has 0 radical (unpaired) electrons. The smallest absolute Gasteiger partial charge is 0.0512 e. The number of hydrogen-bond donors (Lipinski definition) is 3. The fraction of sp³-hybridized carbons (Fsp3) is 0.600. The van der Waals surface area contributed by atoms with Crippen molar-refractivity contribution in [3.05, 3.63) is 11.9 Å². The molecule has 9 heavy (non-hydrogen) atoms. The molecule has 0 unspecified atom stereocenters. The van der Waals surface area contributed by atoms with Gasteiger partial charge in [-0.25, -0.2) is 0 Å². The summed E-state index contributed by atoms with van der Waals surface area (Å²) in [6.45, 7) is 2.09. The van der Waals surface area contributed by atoms with Crippen molar-refractivity contribution in [3.8, 4) is 0 Å². The molecule has 0 amide bonds. The molecule has 0 aromatic rings. The van der Waals surface area contributed by atoms with Crippen LogP contribution in [0.2, 0.25) is 0 Å². The average molecular weight is 147 g/mol. The Kier molecular flexibility index (Phi) is 5.56. The summed E-state index contributed by atoms with van der Waals surface area (Å²) in [5, 5.41) is 0. The van der Waals surface area contributed by atoms with Crippen LogP contribution < -0.4 is 17.0 Å². The highest BCUT2D eigenvalue weighted by atomic mass is 32.2. The molecule has 3 nitrogen and oxygen atoms in total. The third kappa shape index (κ3) is 4.17. The highest BCUT2D eigenvalue weighted by molar-refractivity contribution is 7.99. The van der Waals surface area contributed by atoms with E-state index < -0.39 is 0 Å². The number of rotatable bonds is 4. The molecule has 0 aromatic carbocycles. The molecule has 0 saturated heterocycles. The maximum Gasteiger partial charge on any atom is 0.0512 e. The molecular formula is C5H13N3S. The van der Waals surface area contributed by atoms with Gasteiger partial charge in [-0.15, -0.1) is 0 Å². The van der Waals surface area contributed by atoms with E-state index in [2.05, 4.69) is 12.3 Å². The molecule has 0 bridgehead atoms. The van der Waals surface area contributed by atoms with Crippen molar-refractivity contribution in [2.45, 2.75) is 6.92 Å². The number of hydrazine groups is 1. The van der Waals surface area contributed by atoms with Gasteiger partial charge in [-0.05, 0) is 5.75 Å². The standard InChI is InChI=1S/C5H13N3S/c1-2-9-4-5(3-6)8-7/h3,8H,2,4,6-7H2,1H3/b5-3-. The van der Waals surface area contributed by atoms with E-state index in [4.69, 9.17) is 11.6 Å². The highest BCUT2D eigenvalue weighted by Gasteiger charge is 1.89. The molecule has 0 heterocycles. The number of thioether (sulfide) groups is 1. The van der Waals surface area contributed by atoms with Gasteiger partial charge in [0.15, 0.2) is 0 Å². The van der Waals surface area contributed by atoms with Crippen LogP contribution in [0.1, 0.15) is 6.92 Å². The molecule has 54 valence electrons. The lowest BCUT2D eigenvalue weighted by molar-refractivity contribution is 0.885. The zero-order chi connectivity index (χ0) is 7.11. The van der Waals surface area contributed by atoms with Crippen molar-refractivity contribution in [1.82, 2.24) is 5.43 Å². The van der Waals surface area contributed by atoms with Crippen molar-refractivity contribution in [2.24, 2.45) is 11.6 Å². The maximum absolute atomic E-state index is 5.21. The second kappa shape index (κ2) is 5.78. The summed E-state index contributed by atoms with van der Waals surface area (Å²) >= 11 is 1.77. The summed E-state index contributed by atoms with van der Waals surface area (Å²) in [6, 6.07) is 0. The second-order valence-electron chi connectivity index (χ2n) is 1.47. The molecule has 0 rings (SSSR count). The van der Waals surface area contributed by atoms with Crippen LogP contribution in [0.4, 0.5) is 0 Å². The third-order valence-electron chi connectivity index (χ3n) is 0.848. The molecule has 0 aliphatic heterocycles. The summed E-state index contributed by atoms with van der Waals surface area (Å²) in [6.07, 6.45) is 1.49. The van der Waals surface area contributed by atoms with Crippen LogP contribution in [0.15, 0.2) is 11.9 Å². The van der Waals surface area contributed by atoms with E-state index in [1.54, 1.807) is 11.8 Å². The van der Waals surface area contributed by atoms with Crippen molar-refractivity contribution in [2.75, 3.05) is 11.5 Å². The third-order valence-corrected chi connectivity index (χ3v) is 1.77. The van der Waals surface area contributed by atoms with Crippen LogP contribution in [0.25, 0.3) is 0 Å². The zero-order valence-corrected chi connectivity index (χ0v) is 6.37. The lowest BCUT2D eigenvalue weighted by atomic mass is 10.6.